The van der Waals surface area contributed by atoms with Gasteiger partial charge < -0.3 is 10.6 Å². The van der Waals surface area contributed by atoms with Crippen LogP contribution in [-0.2, 0) is 9.84 Å². The second-order valence-corrected chi connectivity index (χ2v) is 6.47. The van der Waals surface area contributed by atoms with E-state index in [0.29, 0.717) is 24.8 Å². The zero-order valence-corrected chi connectivity index (χ0v) is 10.9. The van der Waals surface area contributed by atoms with Gasteiger partial charge in [-0.3, -0.25) is 0 Å². The molecule has 0 rings (SSSR count). The first-order chi connectivity index (χ1) is 6.93. The molecule has 15 heavy (non-hydrogen) atoms. The van der Waals surface area contributed by atoms with Crippen LogP contribution < -0.4 is 5.73 Å². The number of nitrogens with two attached hydrogens (primary N) is 1. The van der Waals surface area contributed by atoms with E-state index in [2.05, 4.69) is 11.8 Å². The molecule has 0 heterocycles. The van der Waals surface area contributed by atoms with Gasteiger partial charge in [0.2, 0.25) is 0 Å². The van der Waals surface area contributed by atoms with Crippen molar-refractivity contribution in [2.45, 2.75) is 32.7 Å². The zero-order valence-electron chi connectivity index (χ0n) is 10.1. The van der Waals surface area contributed by atoms with E-state index in [0.717, 1.165) is 13.0 Å². The third-order valence-electron chi connectivity index (χ3n) is 2.74. The molecule has 0 saturated heterocycles. The van der Waals surface area contributed by atoms with Crippen LogP contribution >= 0.6 is 0 Å². The molecule has 0 aromatic rings. The first-order valence-electron chi connectivity index (χ1n) is 5.53. The number of hydrogen-bond donors (Lipinski definition) is 1. The smallest absolute Gasteiger partial charge is 0.150 e. The van der Waals surface area contributed by atoms with E-state index < -0.39 is 9.84 Å². The molecular formula is C10H24N2O2S. The quantitative estimate of drug-likeness (QED) is 0.666. The highest BCUT2D eigenvalue weighted by Crippen LogP contribution is 2.02. The van der Waals surface area contributed by atoms with E-state index >= 15 is 0 Å². The molecule has 0 amide bonds. The maximum Gasteiger partial charge on any atom is 0.150 e. The zero-order chi connectivity index (χ0) is 11.9. The van der Waals surface area contributed by atoms with Crippen LogP contribution in [-0.4, -0.2) is 51.0 Å². The largest absolute Gasteiger partial charge is 0.330 e. The van der Waals surface area contributed by atoms with Gasteiger partial charge in [-0.1, -0.05) is 6.92 Å². The summed E-state index contributed by atoms with van der Waals surface area (Å²) in [5.41, 5.74) is 5.46. The van der Waals surface area contributed by atoms with Gasteiger partial charge in [0.1, 0.15) is 9.84 Å². The summed E-state index contributed by atoms with van der Waals surface area (Å²) in [5, 5.41) is 0. The van der Waals surface area contributed by atoms with Crippen LogP contribution in [0.25, 0.3) is 0 Å². The molecule has 92 valence electrons. The van der Waals surface area contributed by atoms with Crippen LogP contribution in [0.15, 0.2) is 0 Å². The van der Waals surface area contributed by atoms with Crippen molar-refractivity contribution < 1.29 is 8.42 Å². The van der Waals surface area contributed by atoms with Crippen LogP contribution in [0.2, 0.25) is 0 Å². The fourth-order valence-corrected chi connectivity index (χ4v) is 2.22. The summed E-state index contributed by atoms with van der Waals surface area (Å²) in [6.07, 6.45) is 1.67. The Bertz CT molecular complexity index is 252. The summed E-state index contributed by atoms with van der Waals surface area (Å²) in [5.74, 6) is 0.540. The van der Waals surface area contributed by atoms with Gasteiger partial charge in [-0.25, -0.2) is 8.42 Å². The van der Waals surface area contributed by atoms with Crippen LogP contribution in [0.1, 0.15) is 26.7 Å². The van der Waals surface area contributed by atoms with Crippen molar-refractivity contribution in [2.75, 3.05) is 31.6 Å². The summed E-state index contributed by atoms with van der Waals surface area (Å²) >= 11 is 0. The monoisotopic (exact) mass is 236 g/mol. The van der Waals surface area contributed by atoms with E-state index in [1.54, 1.807) is 6.92 Å². The van der Waals surface area contributed by atoms with Gasteiger partial charge in [-0.05, 0) is 39.9 Å². The Morgan fingerprint density at radius 1 is 1.40 bits per heavy atom. The molecule has 0 bridgehead atoms. The molecule has 0 aliphatic heterocycles. The molecule has 4 nitrogen and oxygen atoms in total. The number of hydrogen-bond acceptors (Lipinski definition) is 4. The summed E-state index contributed by atoms with van der Waals surface area (Å²) in [4.78, 5) is 2.16. The molecule has 2 N–H and O–H groups in total. The molecule has 1 atom stereocenters. The average molecular weight is 236 g/mol. The Kier molecular flexibility index (Phi) is 7.13. The summed E-state index contributed by atoms with van der Waals surface area (Å²) in [6.45, 7) is 5.30. The van der Waals surface area contributed by atoms with Crippen molar-refractivity contribution >= 4 is 9.84 Å². The van der Waals surface area contributed by atoms with Crippen molar-refractivity contribution in [3.05, 3.63) is 0 Å². The predicted octanol–water partition coefficient (Wildman–Crippen LogP) is 0.480. The highest BCUT2D eigenvalue weighted by atomic mass is 32.2. The topological polar surface area (TPSA) is 63.4 Å². The average Bonchev–Trinajstić information content (AvgIpc) is 2.18. The lowest BCUT2D eigenvalue weighted by atomic mass is 10.2. The summed E-state index contributed by atoms with van der Waals surface area (Å²) < 4.78 is 22.5. The molecule has 0 saturated carbocycles. The fourth-order valence-electron chi connectivity index (χ4n) is 1.36. The Morgan fingerprint density at radius 2 is 2.00 bits per heavy atom. The van der Waals surface area contributed by atoms with E-state index in [4.69, 9.17) is 5.73 Å². The standard InChI is InChI=1S/C10H24N2O2S/c1-4-15(13,14)9-5-8-12(3)10(2)6-7-11/h10H,4-9,11H2,1-3H3. The minimum Gasteiger partial charge on any atom is -0.330 e. The van der Waals surface area contributed by atoms with Gasteiger partial charge in [0.25, 0.3) is 0 Å². The molecule has 1 unspecified atom stereocenters. The minimum atomic E-state index is -2.80. The molecule has 0 radical (unpaired) electrons. The Labute approximate surface area is 93.7 Å². The maximum absolute atomic E-state index is 11.2. The molecule has 0 aliphatic rings. The Morgan fingerprint density at radius 3 is 2.47 bits per heavy atom. The van der Waals surface area contributed by atoms with Crippen molar-refractivity contribution in [3.8, 4) is 0 Å². The molecule has 5 heteroatoms. The highest BCUT2D eigenvalue weighted by molar-refractivity contribution is 7.91. The van der Waals surface area contributed by atoms with Crippen LogP contribution in [0.4, 0.5) is 0 Å². The molecule has 0 aliphatic carbocycles. The van der Waals surface area contributed by atoms with Crippen molar-refractivity contribution in [3.63, 3.8) is 0 Å². The van der Waals surface area contributed by atoms with E-state index in [9.17, 15) is 8.42 Å². The van der Waals surface area contributed by atoms with Gasteiger partial charge in [0.05, 0.1) is 5.75 Å². The second kappa shape index (κ2) is 7.19. The van der Waals surface area contributed by atoms with Crippen molar-refractivity contribution in [1.82, 2.24) is 4.90 Å². The molecular weight excluding hydrogens is 212 g/mol. The minimum absolute atomic E-state index is 0.245. The van der Waals surface area contributed by atoms with Gasteiger partial charge in [0, 0.05) is 11.8 Å². The number of nitrogens with zero attached hydrogens (tertiary/aromatic N) is 1. The summed E-state index contributed by atoms with van der Waals surface area (Å²) in [7, 11) is -0.792. The van der Waals surface area contributed by atoms with E-state index in [1.807, 2.05) is 7.05 Å². The van der Waals surface area contributed by atoms with Crippen molar-refractivity contribution in [2.24, 2.45) is 5.73 Å². The van der Waals surface area contributed by atoms with Crippen molar-refractivity contribution in [1.29, 1.82) is 0 Å². The lowest BCUT2D eigenvalue weighted by Gasteiger charge is -2.23. The number of sulfone groups is 1. The number of rotatable bonds is 8. The first kappa shape index (κ1) is 14.9. The van der Waals surface area contributed by atoms with E-state index in [-0.39, 0.29) is 5.75 Å². The fraction of sp³-hybridized carbons (Fsp3) is 1.00. The van der Waals surface area contributed by atoms with Gasteiger partial charge in [-0.15, -0.1) is 0 Å². The molecule has 0 fully saturated rings. The molecule has 0 spiro atoms. The normalized spacial score (nSPS) is 14.5. The van der Waals surface area contributed by atoms with Gasteiger partial charge >= 0.3 is 0 Å². The Hall–Kier alpha value is -0.130. The summed E-state index contributed by atoms with van der Waals surface area (Å²) in [6, 6.07) is 0.430. The first-order valence-corrected chi connectivity index (χ1v) is 7.35. The second-order valence-electron chi connectivity index (χ2n) is 4.00. The van der Waals surface area contributed by atoms with Crippen LogP contribution in [0, 0.1) is 0 Å². The molecule has 0 aromatic heterocycles. The van der Waals surface area contributed by atoms with Gasteiger partial charge in [0.15, 0.2) is 0 Å². The Balaban J connectivity index is 3.77. The maximum atomic E-state index is 11.2. The SMILES string of the molecule is CCS(=O)(=O)CCCN(C)C(C)CCN. The third kappa shape index (κ3) is 6.87. The lowest BCUT2D eigenvalue weighted by Crippen LogP contribution is -2.32. The highest BCUT2D eigenvalue weighted by Gasteiger charge is 2.10. The van der Waals surface area contributed by atoms with Gasteiger partial charge in [-0.2, -0.15) is 0 Å². The molecule has 0 aromatic carbocycles. The predicted molar refractivity (Wildman–Crippen MR) is 64.7 cm³/mol. The third-order valence-corrected chi connectivity index (χ3v) is 4.53. The van der Waals surface area contributed by atoms with E-state index in [1.165, 1.54) is 0 Å². The lowest BCUT2D eigenvalue weighted by molar-refractivity contribution is 0.249. The van der Waals surface area contributed by atoms with Crippen LogP contribution in [0.3, 0.4) is 0 Å². The van der Waals surface area contributed by atoms with Crippen LogP contribution in [0.5, 0.6) is 0 Å².